The minimum atomic E-state index is -4.51. The molecule has 3 aromatic carbocycles. The third-order valence-electron chi connectivity index (χ3n) is 5.82. The Labute approximate surface area is 204 Å². The predicted octanol–water partition coefficient (Wildman–Crippen LogP) is 5.04. The van der Waals surface area contributed by atoms with E-state index in [1.165, 1.54) is 16.7 Å². The van der Waals surface area contributed by atoms with E-state index in [1.54, 1.807) is 36.4 Å². The van der Waals surface area contributed by atoms with Gasteiger partial charge in [0, 0.05) is 18.7 Å². The maximum Gasteiger partial charge on any atom is 0.416 e. The third-order valence-corrected chi connectivity index (χ3v) is 5.82. The first kappa shape index (κ1) is 25.0. The molecule has 9 heteroatoms. The lowest BCUT2D eigenvalue weighted by molar-refractivity contribution is -0.137. The number of unbranched alkanes of at least 4 members (excludes halogenated alkanes) is 1. The van der Waals surface area contributed by atoms with Crippen LogP contribution < -0.4 is 16.6 Å². The van der Waals surface area contributed by atoms with Gasteiger partial charge in [-0.15, -0.1) is 0 Å². The summed E-state index contributed by atoms with van der Waals surface area (Å²) in [6, 6.07) is 20.3. The highest BCUT2D eigenvalue weighted by atomic mass is 19.4. The Morgan fingerprint density at radius 3 is 2.31 bits per heavy atom. The van der Waals surface area contributed by atoms with Crippen molar-refractivity contribution in [1.82, 2.24) is 9.13 Å². The Hall–Kier alpha value is -4.14. The fourth-order valence-corrected chi connectivity index (χ4v) is 4.05. The molecule has 0 saturated carbocycles. The van der Waals surface area contributed by atoms with Crippen LogP contribution in [-0.2, 0) is 24.1 Å². The molecule has 1 N–H and O–H groups in total. The molecule has 0 radical (unpaired) electrons. The molecule has 0 fully saturated rings. The van der Waals surface area contributed by atoms with Gasteiger partial charge < -0.3 is 5.32 Å². The first-order chi connectivity index (χ1) is 17.2. The van der Waals surface area contributed by atoms with Gasteiger partial charge in [0.1, 0.15) is 0 Å². The van der Waals surface area contributed by atoms with Crippen LogP contribution in [0.1, 0.15) is 30.4 Å². The number of nitrogens with one attached hydrogen (secondary N) is 1. The molecule has 0 unspecified atom stereocenters. The summed E-state index contributed by atoms with van der Waals surface area (Å²) in [4.78, 5) is 38.5. The molecule has 0 bridgehead atoms. The highest BCUT2D eigenvalue weighted by Gasteiger charge is 2.30. The van der Waals surface area contributed by atoms with Crippen LogP contribution in [0.4, 0.5) is 18.9 Å². The van der Waals surface area contributed by atoms with Crippen LogP contribution in [0.5, 0.6) is 0 Å². The summed E-state index contributed by atoms with van der Waals surface area (Å²) in [5.41, 5.74) is -0.553. The number of benzene rings is 3. The number of anilines is 1. The van der Waals surface area contributed by atoms with E-state index in [2.05, 4.69) is 5.32 Å². The smallest absolute Gasteiger partial charge is 0.326 e. The predicted molar refractivity (Wildman–Crippen MR) is 132 cm³/mol. The summed E-state index contributed by atoms with van der Waals surface area (Å²) >= 11 is 0. The van der Waals surface area contributed by atoms with Gasteiger partial charge in [-0.25, -0.2) is 4.79 Å². The Bertz CT molecular complexity index is 1490. The van der Waals surface area contributed by atoms with Gasteiger partial charge in [-0.05, 0) is 54.8 Å². The van der Waals surface area contributed by atoms with E-state index in [4.69, 9.17) is 0 Å². The number of halogens is 3. The van der Waals surface area contributed by atoms with Crippen LogP contribution in [0.25, 0.3) is 10.9 Å². The third kappa shape index (κ3) is 5.73. The second kappa shape index (κ2) is 10.6. The summed E-state index contributed by atoms with van der Waals surface area (Å²) in [6.45, 7) is -0.0350. The molecule has 0 aliphatic carbocycles. The summed E-state index contributed by atoms with van der Waals surface area (Å²) < 4.78 is 41.9. The summed E-state index contributed by atoms with van der Waals surface area (Å²) in [5.74, 6) is -0.172. The standard InChI is InChI=1S/C27H24F3N3O3/c28-27(29,30)20-10-8-9-19(17-20)18-33-23-14-5-4-13-22(23)25(35)32(26(33)36)16-7-6-15-24(34)31-21-11-2-1-3-12-21/h1-5,8-14,17H,6-7,15-16,18H2,(H,31,34). The van der Waals surface area contributed by atoms with Crippen LogP contribution in [0.15, 0.2) is 88.5 Å². The number of aromatic nitrogens is 2. The fourth-order valence-electron chi connectivity index (χ4n) is 4.05. The molecule has 0 spiro atoms. The molecule has 186 valence electrons. The van der Waals surface area contributed by atoms with Gasteiger partial charge in [0.25, 0.3) is 5.56 Å². The van der Waals surface area contributed by atoms with Crippen molar-refractivity contribution in [3.63, 3.8) is 0 Å². The van der Waals surface area contributed by atoms with Gasteiger partial charge in [-0.3, -0.25) is 18.7 Å². The van der Waals surface area contributed by atoms with Crippen molar-refractivity contribution < 1.29 is 18.0 Å². The zero-order valence-electron chi connectivity index (χ0n) is 19.3. The Kier molecular flexibility index (Phi) is 7.38. The van der Waals surface area contributed by atoms with E-state index in [-0.39, 0.29) is 25.4 Å². The average Bonchev–Trinajstić information content (AvgIpc) is 2.86. The molecule has 0 aliphatic heterocycles. The van der Waals surface area contributed by atoms with E-state index in [1.807, 2.05) is 18.2 Å². The number of carbonyl (C=O) groups excluding carboxylic acids is 1. The van der Waals surface area contributed by atoms with Crippen molar-refractivity contribution in [2.45, 2.75) is 38.5 Å². The molecular formula is C27H24F3N3O3. The average molecular weight is 496 g/mol. The van der Waals surface area contributed by atoms with E-state index < -0.39 is 23.0 Å². The number of hydrogen-bond acceptors (Lipinski definition) is 3. The lowest BCUT2D eigenvalue weighted by atomic mass is 10.1. The minimum absolute atomic E-state index is 0.0870. The van der Waals surface area contributed by atoms with Gasteiger partial charge >= 0.3 is 11.9 Å². The number of alkyl halides is 3. The zero-order valence-corrected chi connectivity index (χ0v) is 19.3. The summed E-state index contributed by atoms with van der Waals surface area (Å²) in [5, 5.41) is 3.08. The van der Waals surface area contributed by atoms with E-state index in [0.717, 1.165) is 16.7 Å². The lowest BCUT2D eigenvalue weighted by Crippen LogP contribution is -2.40. The second-order valence-corrected chi connectivity index (χ2v) is 8.41. The van der Waals surface area contributed by atoms with Gasteiger partial charge in [0.05, 0.1) is 23.0 Å². The molecule has 36 heavy (non-hydrogen) atoms. The SMILES string of the molecule is O=C(CCCCn1c(=O)c2ccccc2n(Cc2cccc(C(F)(F)F)c2)c1=O)Nc1ccccc1. The fraction of sp³-hybridized carbons (Fsp3) is 0.222. The number of rotatable bonds is 8. The number of carbonyl (C=O) groups is 1. The summed E-state index contributed by atoms with van der Waals surface area (Å²) in [7, 11) is 0. The lowest BCUT2D eigenvalue weighted by Gasteiger charge is -2.15. The Morgan fingerprint density at radius 2 is 1.56 bits per heavy atom. The Morgan fingerprint density at radius 1 is 0.833 bits per heavy atom. The normalized spacial score (nSPS) is 11.5. The molecular weight excluding hydrogens is 471 g/mol. The summed E-state index contributed by atoms with van der Waals surface area (Å²) in [6.07, 6.45) is -3.44. The largest absolute Gasteiger partial charge is 0.416 e. The van der Waals surface area contributed by atoms with E-state index in [9.17, 15) is 27.6 Å². The van der Waals surface area contributed by atoms with Gasteiger partial charge in [-0.1, -0.05) is 42.5 Å². The molecule has 1 amide bonds. The molecule has 0 atom stereocenters. The van der Waals surface area contributed by atoms with Gasteiger partial charge in [0.15, 0.2) is 0 Å². The van der Waals surface area contributed by atoms with Crippen LogP contribution in [0.2, 0.25) is 0 Å². The van der Waals surface area contributed by atoms with E-state index >= 15 is 0 Å². The van der Waals surface area contributed by atoms with Crippen LogP contribution in [0.3, 0.4) is 0 Å². The van der Waals surface area contributed by atoms with Crippen molar-refractivity contribution >= 4 is 22.5 Å². The molecule has 1 heterocycles. The van der Waals surface area contributed by atoms with Gasteiger partial charge in [-0.2, -0.15) is 13.2 Å². The molecule has 4 rings (SSSR count). The first-order valence-corrected chi connectivity index (χ1v) is 11.5. The molecule has 0 saturated heterocycles. The number of amides is 1. The number of para-hydroxylation sites is 2. The Balaban J connectivity index is 1.55. The molecule has 0 aliphatic rings. The highest BCUT2D eigenvalue weighted by molar-refractivity contribution is 5.90. The van der Waals surface area contributed by atoms with Crippen molar-refractivity contribution in [3.8, 4) is 0 Å². The zero-order chi connectivity index (χ0) is 25.7. The second-order valence-electron chi connectivity index (χ2n) is 8.41. The van der Waals surface area contributed by atoms with Crippen molar-refractivity contribution in [2.75, 3.05) is 5.32 Å². The maximum absolute atomic E-state index is 13.3. The van der Waals surface area contributed by atoms with Crippen LogP contribution in [0, 0.1) is 0 Å². The molecule has 6 nitrogen and oxygen atoms in total. The maximum atomic E-state index is 13.3. The van der Waals surface area contributed by atoms with Crippen LogP contribution >= 0.6 is 0 Å². The number of hydrogen-bond donors (Lipinski definition) is 1. The van der Waals surface area contributed by atoms with Crippen molar-refractivity contribution in [3.05, 3.63) is 111 Å². The monoisotopic (exact) mass is 495 g/mol. The van der Waals surface area contributed by atoms with Crippen LogP contribution in [-0.4, -0.2) is 15.0 Å². The minimum Gasteiger partial charge on any atom is -0.326 e. The van der Waals surface area contributed by atoms with E-state index in [0.29, 0.717) is 35.0 Å². The number of fused-ring (bicyclic) bond motifs is 1. The quantitative estimate of drug-likeness (QED) is 0.348. The molecule has 1 aromatic heterocycles. The highest BCUT2D eigenvalue weighted by Crippen LogP contribution is 2.29. The van der Waals surface area contributed by atoms with Crippen molar-refractivity contribution in [1.29, 1.82) is 0 Å². The first-order valence-electron chi connectivity index (χ1n) is 11.5. The van der Waals surface area contributed by atoms with Gasteiger partial charge in [0.2, 0.25) is 5.91 Å². The number of nitrogens with zero attached hydrogens (tertiary/aromatic N) is 2. The molecule has 4 aromatic rings. The van der Waals surface area contributed by atoms with Crippen molar-refractivity contribution in [2.24, 2.45) is 0 Å². The topological polar surface area (TPSA) is 73.1 Å².